The maximum Gasteiger partial charge on any atom is 0.254 e. The number of rotatable bonds is 4. The lowest BCUT2D eigenvalue weighted by molar-refractivity contribution is -0.118. The van der Waals surface area contributed by atoms with Crippen LogP contribution < -0.4 is 15.6 Å². The monoisotopic (exact) mass is 286 g/mol. The van der Waals surface area contributed by atoms with Gasteiger partial charge >= 0.3 is 0 Å². The molecule has 110 valence electrons. The van der Waals surface area contributed by atoms with Gasteiger partial charge in [-0.05, 0) is 32.0 Å². The van der Waals surface area contributed by atoms with Crippen LogP contribution in [0.25, 0.3) is 0 Å². The zero-order chi connectivity index (χ0) is 15.4. The number of hydrogen-bond acceptors (Lipinski definition) is 3. The number of nitrogens with zero attached hydrogens (tertiary/aromatic N) is 1. The molecule has 0 aliphatic heterocycles. The molecular weight excluding hydrogens is 268 g/mol. The molecule has 0 fully saturated rings. The van der Waals surface area contributed by atoms with Crippen molar-refractivity contribution in [1.82, 2.24) is 4.57 Å². The van der Waals surface area contributed by atoms with Gasteiger partial charge < -0.3 is 14.6 Å². The van der Waals surface area contributed by atoms with E-state index < -0.39 is 6.04 Å². The third-order valence-electron chi connectivity index (χ3n) is 3.33. The van der Waals surface area contributed by atoms with E-state index in [4.69, 9.17) is 4.74 Å². The molecule has 1 amide bonds. The molecule has 1 unspecified atom stereocenters. The first-order valence-corrected chi connectivity index (χ1v) is 6.66. The normalized spacial score (nSPS) is 11.8. The Balaban J connectivity index is 2.24. The zero-order valence-electron chi connectivity index (χ0n) is 12.3. The number of nitrogens with one attached hydrogen (secondary N) is 1. The van der Waals surface area contributed by atoms with Crippen LogP contribution in [0.1, 0.15) is 18.5 Å². The molecular formula is C16H18N2O3. The van der Waals surface area contributed by atoms with Crippen molar-refractivity contribution in [3.63, 3.8) is 0 Å². The maximum absolute atomic E-state index is 12.3. The third-order valence-corrected chi connectivity index (χ3v) is 3.33. The average molecular weight is 286 g/mol. The summed E-state index contributed by atoms with van der Waals surface area (Å²) in [4.78, 5) is 24.4. The van der Waals surface area contributed by atoms with Gasteiger partial charge in [0.05, 0.1) is 12.8 Å². The van der Waals surface area contributed by atoms with Crippen LogP contribution >= 0.6 is 0 Å². The van der Waals surface area contributed by atoms with Crippen LogP contribution in [0.3, 0.4) is 0 Å². The highest BCUT2D eigenvalue weighted by atomic mass is 16.5. The van der Waals surface area contributed by atoms with E-state index in [1.165, 1.54) is 4.57 Å². The largest absolute Gasteiger partial charge is 0.495 e. The molecule has 0 aliphatic carbocycles. The number of carbonyl (C=O) groups excluding carboxylic acids is 1. The standard InChI is InChI=1S/C16H18N2O3/c1-11-7-6-10-18(16(11)20)12(2)15(19)17-13-8-4-5-9-14(13)21-3/h4-10,12H,1-3H3,(H,17,19). The van der Waals surface area contributed by atoms with Gasteiger partial charge in [0.25, 0.3) is 5.56 Å². The van der Waals surface area contributed by atoms with Gasteiger partial charge in [-0.3, -0.25) is 9.59 Å². The Morgan fingerprint density at radius 3 is 2.67 bits per heavy atom. The molecule has 2 rings (SSSR count). The molecule has 2 aromatic rings. The summed E-state index contributed by atoms with van der Waals surface area (Å²) in [5.74, 6) is 0.307. The predicted molar refractivity (Wildman–Crippen MR) is 81.8 cm³/mol. The summed E-state index contributed by atoms with van der Waals surface area (Å²) in [6, 6.07) is 10.0. The summed E-state index contributed by atoms with van der Waals surface area (Å²) >= 11 is 0. The van der Waals surface area contributed by atoms with Crippen molar-refractivity contribution in [2.24, 2.45) is 0 Å². The Kier molecular flexibility index (Phi) is 4.42. The van der Waals surface area contributed by atoms with Crippen LogP contribution in [0.5, 0.6) is 5.75 Å². The fourth-order valence-corrected chi connectivity index (χ4v) is 2.04. The Labute approximate surface area is 123 Å². The number of aromatic nitrogens is 1. The van der Waals surface area contributed by atoms with Crippen LogP contribution in [0.4, 0.5) is 5.69 Å². The van der Waals surface area contributed by atoms with E-state index in [0.29, 0.717) is 17.0 Å². The summed E-state index contributed by atoms with van der Waals surface area (Å²) in [7, 11) is 1.54. The van der Waals surface area contributed by atoms with Crippen LogP contribution in [0.2, 0.25) is 0 Å². The number of anilines is 1. The Morgan fingerprint density at radius 1 is 1.24 bits per heavy atom. The average Bonchev–Trinajstić information content (AvgIpc) is 2.50. The fourth-order valence-electron chi connectivity index (χ4n) is 2.04. The van der Waals surface area contributed by atoms with E-state index in [9.17, 15) is 9.59 Å². The lowest BCUT2D eigenvalue weighted by Crippen LogP contribution is -2.32. The van der Waals surface area contributed by atoms with Gasteiger partial charge in [-0.2, -0.15) is 0 Å². The molecule has 21 heavy (non-hydrogen) atoms. The van der Waals surface area contributed by atoms with Gasteiger partial charge in [0.2, 0.25) is 5.91 Å². The molecule has 5 nitrogen and oxygen atoms in total. The van der Waals surface area contributed by atoms with E-state index in [1.807, 2.05) is 12.1 Å². The lowest BCUT2D eigenvalue weighted by atomic mass is 10.2. The van der Waals surface area contributed by atoms with E-state index in [0.717, 1.165) is 0 Å². The summed E-state index contributed by atoms with van der Waals surface area (Å²) in [5, 5.41) is 2.78. The third kappa shape index (κ3) is 3.13. The second-order valence-electron chi connectivity index (χ2n) is 4.77. The highest BCUT2D eigenvalue weighted by Crippen LogP contribution is 2.23. The van der Waals surface area contributed by atoms with Crippen molar-refractivity contribution in [2.75, 3.05) is 12.4 Å². The van der Waals surface area contributed by atoms with Gasteiger partial charge in [0, 0.05) is 11.8 Å². The quantitative estimate of drug-likeness (QED) is 0.938. The number of amides is 1. The molecule has 0 saturated carbocycles. The molecule has 1 heterocycles. The maximum atomic E-state index is 12.3. The summed E-state index contributed by atoms with van der Waals surface area (Å²) in [6.45, 7) is 3.41. The number of hydrogen-bond donors (Lipinski definition) is 1. The summed E-state index contributed by atoms with van der Waals surface area (Å²) < 4.78 is 6.61. The minimum absolute atomic E-state index is 0.167. The smallest absolute Gasteiger partial charge is 0.254 e. The minimum Gasteiger partial charge on any atom is -0.495 e. The molecule has 0 aliphatic rings. The van der Waals surface area contributed by atoms with Crippen molar-refractivity contribution in [1.29, 1.82) is 0 Å². The molecule has 5 heteroatoms. The number of aryl methyl sites for hydroxylation is 1. The first kappa shape index (κ1) is 14.8. The topological polar surface area (TPSA) is 60.3 Å². The van der Waals surface area contributed by atoms with E-state index >= 15 is 0 Å². The number of benzene rings is 1. The van der Waals surface area contributed by atoms with Crippen LogP contribution in [0.15, 0.2) is 47.4 Å². The lowest BCUT2D eigenvalue weighted by Gasteiger charge is -2.16. The molecule has 0 saturated heterocycles. The van der Waals surface area contributed by atoms with Gasteiger partial charge in [-0.15, -0.1) is 0 Å². The van der Waals surface area contributed by atoms with Gasteiger partial charge in [-0.25, -0.2) is 0 Å². The summed E-state index contributed by atoms with van der Waals surface area (Å²) in [6.07, 6.45) is 1.61. The molecule has 1 aromatic heterocycles. The summed E-state index contributed by atoms with van der Waals surface area (Å²) in [5.41, 5.74) is 1.02. The molecule has 0 radical (unpaired) electrons. The van der Waals surface area contributed by atoms with Crippen molar-refractivity contribution < 1.29 is 9.53 Å². The minimum atomic E-state index is -0.609. The Morgan fingerprint density at radius 2 is 1.95 bits per heavy atom. The van der Waals surface area contributed by atoms with E-state index in [2.05, 4.69) is 5.32 Å². The van der Waals surface area contributed by atoms with Crippen LogP contribution in [-0.2, 0) is 4.79 Å². The number of ether oxygens (including phenoxy) is 1. The number of carbonyl (C=O) groups is 1. The van der Waals surface area contributed by atoms with Gasteiger partial charge in [0.15, 0.2) is 0 Å². The van der Waals surface area contributed by atoms with Crippen molar-refractivity contribution in [2.45, 2.75) is 19.9 Å². The van der Waals surface area contributed by atoms with Crippen LogP contribution in [0, 0.1) is 6.92 Å². The second kappa shape index (κ2) is 6.26. The number of pyridine rings is 1. The van der Waals surface area contributed by atoms with E-state index in [-0.39, 0.29) is 11.5 Å². The molecule has 1 N–H and O–H groups in total. The van der Waals surface area contributed by atoms with Crippen molar-refractivity contribution in [3.05, 3.63) is 58.5 Å². The predicted octanol–water partition coefficient (Wildman–Crippen LogP) is 2.37. The first-order valence-electron chi connectivity index (χ1n) is 6.66. The van der Waals surface area contributed by atoms with Crippen molar-refractivity contribution in [3.8, 4) is 5.75 Å². The second-order valence-corrected chi connectivity index (χ2v) is 4.77. The number of para-hydroxylation sites is 2. The Bertz CT molecular complexity index is 707. The fraction of sp³-hybridized carbons (Fsp3) is 0.250. The highest BCUT2D eigenvalue weighted by molar-refractivity contribution is 5.94. The molecule has 0 spiro atoms. The first-order chi connectivity index (χ1) is 10.0. The van der Waals surface area contributed by atoms with Crippen LogP contribution in [-0.4, -0.2) is 17.6 Å². The number of methoxy groups -OCH3 is 1. The molecule has 1 atom stereocenters. The zero-order valence-corrected chi connectivity index (χ0v) is 12.3. The molecule has 0 bridgehead atoms. The van der Waals surface area contributed by atoms with E-state index in [1.54, 1.807) is 51.4 Å². The molecule has 1 aromatic carbocycles. The van der Waals surface area contributed by atoms with Crippen molar-refractivity contribution >= 4 is 11.6 Å². The van der Waals surface area contributed by atoms with Gasteiger partial charge in [0.1, 0.15) is 11.8 Å². The van der Waals surface area contributed by atoms with Gasteiger partial charge in [-0.1, -0.05) is 18.2 Å². The SMILES string of the molecule is COc1ccccc1NC(=O)C(C)n1cccc(C)c1=O. The Hall–Kier alpha value is -2.56. The highest BCUT2D eigenvalue weighted by Gasteiger charge is 2.17.